The van der Waals surface area contributed by atoms with Crippen LogP contribution in [0.2, 0.25) is 5.02 Å². The molecule has 0 bridgehead atoms. The quantitative estimate of drug-likeness (QED) is 0.881. The first kappa shape index (κ1) is 15.3. The van der Waals surface area contributed by atoms with E-state index in [0.717, 1.165) is 0 Å². The highest BCUT2D eigenvalue weighted by Crippen LogP contribution is 2.21. The van der Waals surface area contributed by atoms with Gasteiger partial charge in [-0.3, -0.25) is 0 Å². The molecule has 2 aromatic rings. The number of hydrogen-bond donors (Lipinski definition) is 1. The fraction of sp³-hybridized carbons (Fsp3) is 0.125. The van der Waals surface area contributed by atoms with E-state index < -0.39 is 11.6 Å². The molecule has 0 aliphatic carbocycles. The lowest BCUT2D eigenvalue weighted by Crippen LogP contribution is -1.98. The molecule has 0 unspecified atom stereocenters. The highest BCUT2D eigenvalue weighted by Gasteiger charge is 2.06. The van der Waals surface area contributed by atoms with E-state index in [0.29, 0.717) is 16.3 Å². The van der Waals surface area contributed by atoms with Gasteiger partial charge in [-0.2, -0.15) is 0 Å². The smallest absolute Gasteiger partial charge is 0.142 e. The zero-order chi connectivity index (χ0) is 15.2. The summed E-state index contributed by atoms with van der Waals surface area (Å²) in [6.45, 7) is 0.208. The Bertz CT molecular complexity index is 707. The zero-order valence-corrected chi connectivity index (χ0v) is 11.8. The molecule has 0 atom stereocenters. The summed E-state index contributed by atoms with van der Waals surface area (Å²) in [7, 11) is 0. The Morgan fingerprint density at radius 3 is 2.67 bits per heavy atom. The third-order valence-electron chi connectivity index (χ3n) is 2.67. The highest BCUT2D eigenvalue weighted by atomic mass is 35.5. The van der Waals surface area contributed by atoms with E-state index in [9.17, 15) is 8.78 Å². The van der Waals surface area contributed by atoms with Crippen molar-refractivity contribution in [1.29, 1.82) is 0 Å². The first-order valence-corrected chi connectivity index (χ1v) is 6.53. The lowest BCUT2D eigenvalue weighted by molar-refractivity contribution is 0.304. The normalized spacial score (nSPS) is 9.90. The van der Waals surface area contributed by atoms with Crippen LogP contribution in [0.1, 0.15) is 11.1 Å². The average Bonchev–Trinajstić information content (AvgIpc) is 2.47. The molecule has 0 aliphatic heterocycles. The van der Waals surface area contributed by atoms with Crippen molar-refractivity contribution in [2.24, 2.45) is 5.73 Å². The average molecular weight is 308 g/mol. The van der Waals surface area contributed by atoms with Gasteiger partial charge < -0.3 is 10.5 Å². The van der Waals surface area contributed by atoms with Crippen molar-refractivity contribution >= 4 is 11.6 Å². The Kier molecular flexibility index (Phi) is 5.15. The molecule has 0 saturated heterocycles. The van der Waals surface area contributed by atoms with Crippen LogP contribution in [0.15, 0.2) is 36.4 Å². The van der Waals surface area contributed by atoms with Crippen LogP contribution in [0.3, 0.4) is 0 Å². The van der Waals surface area contributed by atoms with Crippen molar-refractivity contribution in [1.82, 2.24) is 0 Å². The van der Waals surface area contributed by atoms with Gasteiger partial charge in [0.25, 0.3) is 0 Å². The largest absolute Gasteiger partial charge is 0.489 e. The van der Waals surface area contributed by atoms with E-state index in [-0.39, 0.29) is 18.7 Å². The van der Waals surface area contributed by atoms with Gasteiger partial charge in [-0.15, -0.1) is 0 Å². The minimum Gasteiger partial charge on any atom is -0.489 e. The van der Waals surface area contributed by atoms with Gasteiger partial charge in [-0.1, -0.05) is 23.4 Å². The fourth-order valence-corrected chi connectivity index (χ4v) is 1.82. The van der Waals surface area contributed by atoms with Crippen LogP contribution in [-0.2, 0) is 6.61 Å². The fourth-order valence-electron chi connectivity index (χ4n) is 1.65. The van der Waals surface area contributed by atoms with Gasteiger partial charge >= 0.3 is 0 Å². The molecule has 0 saturated carbocycles. The van der Waals surface area contributed by atoms with Crippen molar-refractivity contribution < 1.29 is 13.5 Å². The van der Waals surface area contributed by atoms with Crippen LogP contribution in [0, 0.1) is 23.5 Å². The molecule has 2 aromatic carbocycles. The topological polar surface area (TPSA) is 35.2 Å². The molecule has 0 fully saturated rings. The van der Waals surface area contributed by atoms with E-state index in [2.05, 4.69) is 11.8 Å². The molecule has 0 aliphatic rings. The van der Waals surface area contributed by atoms with Crippen LogP contribution >= 0.6 is 11.6 Å². The summed E-state index contributed by atoms with van der Waals surface area (Å²) in [5.41, 5.74) is 5.97. The summed E-state index contributed by atoms with van der Waals surface area (Å²) in [5.74, 6) is 4.59. The second kappa shape index (κ2) is 7.07. The molecule has 21 heavy (non-hydrogen) atoms. The number of ether oxygens (including phenoxy) is 1. The van der Waals surface area contributed by atoms with Gasteiger partial charge in [0.1, 0.15) is 24.0 Å². The second-order valence-corrected chi connectivity index (χ2v) is 4.58. The molecule has 0 spiro atoms. The summed E-state index contributed by atoms with van der Waals surface area (Å²) >= 11 is 5.93. The Labute approximate surface area is 126 Å². The summed E-state index contributed by atoms with van der Waals surface area (Å²) in [6.07, 6.45) is 0. The lowest BCUT2D eigenvalue weighted by Gasteiger charge is -2.08. The van der Waals surface area contributed by atoms with Gasteiger partial charge in [0, 0.05) is 16.7 Å². The Morgan fingerprint density at radius 2 is 1.95 bits per heavy atom. The second-order valence-electron chi connectivity index (χ2n) is 4.17. The molecule has 0 aromatic heterocycles. The third-order valence-corrected chi connectivity index (χ3v) is 3.04. The molecule has 2 nitrogen and oxygen atoms in total. The molecule has 5 heteroatoms. The van der Waals surface area contributed by atoms with Crippen molar-refractivity contribution in [3.8, 4) is 17.6 Å². The first-order chi connectivity index (χ1) is 10.1. The van der Waals surface area contributed by atoms with Crippen LogP contribution in [0.25, 0.3) is 0 Å². The monoisotopic (exact) mass is 307 g/mol. The number of halogens is 3. The lowest BCUT2D eigenvalue weighted by atomic mass is 10.2. The van der Waals surface area contributed by atoms with Crippen molar-refractivity contribution in [2.45, 2.75) is 6.61 Å². The van der Waals surface area contributed by atoms with E-state index in [1.807, 2.05) is 0 Å². The van der Waals surface area contributed by atoms with Gasteiger partial charge in [-0.25, -0.2) is 8.78 Å². The van der Waals surface area contributed by atoms with Crippen LogP contribution in [0.4, 0.5) is 8.78 Å². The maximum Gasteiger partial charge on any atom is 0.142 e. The minimum absolute atomic E-state index is 0.0455. The molecule has 2 N–H and O–H groups in total. The van der Waals surface area contributed by atoms with Gasteiger partial charge in [0.05, 0.1) is 12.1 Å². The Balaban J connectivity index is 2.10. The standard InChI is InChI=1S/C16H12ClF2NO/c17-15-6-4-13(18)8-12(15)10-21-14-5-3-11(2-1-7-20)16(19)9-14/h3-6,8-9H,7,10,20H2. The molecule has 0 amide bonds. The van der Waals surface area contributed by atoms with Gasteiger partial charge in [0.15, 0.2) is 0 Å². The molecule has 0 heterocycles. The molecule has 2 rings (SSSR count). The predicted molar refractivity (Wildman–Crippen MR) is 78.1 cm³/mol. The van der Waals surface area contributed by atoms with E-state index in [1.54, 1.807) is 6.07 Å². The predicted octanol–water partition coefficient (Wildman–Crippen LogP) is 3.51. The Hall–Kier alpha value is -2.09. The van der Waals surface area contributed by atoms with Crippen molar-refractivity contribution in [3.05, 3.63) is 64.2 Å². The first-order valence-electron chi connectivity index (χ1n) is 6.15. The van der Waals surface area contributed by atoms with Crippen LogP contribution in [0.5, 0.6) is 5.75 Å². The van der Waals surface area contributed by atoms with Crippen LogP contribution < -0.4 is 10.5 Å². The Morgan fingerprint density at radius 1 is 1.14 bits per heavy atom. The molecular formula is C16H12ClF2NO. The summed E-state index contributed by atoms with van der Waals surface area (Å²) in [5, 5.41) is 0.391. The van der Waals surface area contributed by atoms with Gasteiger partial charge in [0.2, 0.25) is 0 Å². The van der Waals surface area contributed by atoms with Gasteiger partial charge in [-0.05, 0) is 30.3 Å². The molecule has 0 radical (unpaired) electrons. The summed E-state index contributed by atoms with van der Waals surface area (Å²) in [6, 6.07) is 8.28. The summed E-state index contributed by atoms with van der Waals surface area (Å²) < 4.78 is 32.2. The number of benzene rings is 2. The zero-order valence-electron chi connectivity index (χ0n) is 11.0. The number of hydrogen-bond acceptors (Lipinski definition) is 2. The van der Waals surface area contributed by atoms with E-state index in [4.69, 9.17) is 22.1 Å². The van der Waals surface area contributed by atoms with E-state index >= 15 is 0 Å². The third kappa shape index (κ3) is 4.19. The van der Waals surface area contributed by atoms with E-state index in [1.165, 1.54) is 30.3 Å². The number of nitrogens with two attached hydrogens (primary N) is 1. The van der Waals surface area contributed by atoms with Crippen molar-refractivity contribution in [2.75, 3.05) is 6.54 Å². The summed E-state index contributed by atoms with van der Waals surface area (Å²) in [4.78, 5) is 0. The van der Waals surface area contributed by atoms with Crippen molar-refractivity contribution in [3.63, 3.8) is 0 Å². The van der Waals surface area contributed by atoms with Crippen LogP contribution in [-0.4, -0.2) is 6.54 Å². The SMILES string of the molecule is NCC#Cc1ccc(OCc2cc(F)ccc2Cl)cc1F. The maximum absolute atomic E-state index is 13.7. The maximum atomic E-state index is 13.7. The molecular weight excluding hydrogens is 296 g/mol. The highest BCUT2D eigenvalue weighted by molar-refractivity contribution is 6.31. The minimum atomic E-state index is -0.501. The number of rotatable bonds is 3. The molecule has 108 valence electrons.